The second kappa shape index (κ2) is 4.47. The van der Waals surface area contributed by atoms with Gasteiger partial charge in [-0.1, -0.05) is 31.2 Å². The summed E-state index contributed by atoms with van der Waals surface area (Å²) in [6.07, 6.45) is 2.68. The normalized spacial score (nSPS) is 17.8. The van der Waals surface area contributed by atoms with Crippen LogP contribution in [0.5, 0.6) is 0 Å². The molecule has 0 bridgehead atoms. The molecule has 0 saturated heterocycles. The standard InChI is InChI=1S/C13H17NO/c1-2-5-13(15)14-9-11-8-10-6-3-4-7-12(10)11/h3-4,6-7,11H,2,5,8-9H2,1H3,(H,14,15). The van der Waals surface area contributed by atoms with Crippen LogP contribution in [0.4, 0.5) is 0 Å². The van der Waals surface area contributed by atoms with Crippen molar-refractivity contribution in [3.8, 4) is 0 Å². The van der Waals surface area contributed by atoms with Crippen LogP contribution in [-0.4, -0.2) is 12.5 Å². The Morgan fingerprint density at radius 3 is 3.00 bits per heavy atom. The summed E-state index contributed by atoms with van der Waals surface area (Å²) < 4.78 is 0. The van der Waals surface area contributed by atoms with Crippen molar-refractivity contribution in [3.63, 3.8) is 0 Å². The zero-order valence-electron chi connectivity index (χ0n) is 9.12. The Labute approximate surface area is 90.7 Å². The van der Waals surface area contributed by atoms with E-state index in [1.165, 1.54) is 11.1 Å². The molecular formula is C13H17NO. The van der Waals surface area contributed by atoms with Gasteiger partial charge in [0.1, 0.15) is 0 Å². The number of rotatable bonds is 4. The van der Waals surface area contributed by atoms with Gasteiger partial charge in [0, 0.05) is 18.9 Å². The van der Waals surface area contributed by atoms with Crippen LogP contribution >= 0.6 is 0 Å². The number of carbonyl (C=O) groups is 1. The van der Waals surface area contributed by atoms with Crippen molar-refractivity contribution in [2.45, 2.75) is 32.1 Å². The number of benzene rings is 1. The number of fused-ring (bicyclic) bond motifs is 1. The molecule has 0 spiro atoms. The summed E-state index contributed by atoms with van der Waals surface area (Å²) in [5.41, 5.74) is 2.85. The van der Waals surface area contributed by atoms with Crippen LogP contribution in [0.3, 0.4) is 0 Å². The molecular weight excluding hydrogens is 186 g/mol. The smallest absolute Gasteiger partial charge is 0.220 e. The number of nitrogens with one attached hydrogen (secondary N) is 1. The Morgan fingerprint density at radius 2 is 2.27 bits per heavy atom. The van der Waals surface area contributed by atoms with E-state index in [9.17, 15) is 4.79 Å². The fourth-order valence-corrected chi connectivity index (χ4v) is 2.10. The Kier molecular flexibility index (Phi) is 3.05. The van der Waals surface area contributed by atoms with Crippen molar-refractivity contribution in [3.05, 3.63) is 35.4 Å². The molecule has 0 radical (unpaired) electrons. The molecule has 1 aromatic rings. The fourth-order valence-electron chi connectivity index (χ4n) is 2.10. The van der Waals surface area contributed by atoms with Crippen LogP contribution in [0.2, 0.25) is 0 Å². The summed E-state index contributed by atoms with van der Waals surface area (Å²) in [5, 5.41) is 2.99. The third-order valence-electron chi connectivity index (χ3n) is 2.98. The predicted octanol–water partition coefficient (Wildman–Crippen LogP) is 2.24. The molecule has 1 atom stereocenters. The van der Waals surface area contributed by atoms with Crippen molar-refractivity contribution >= 4 is 5.91 Å². The molecule has 1 unspecified atom stereocenters. The Bertz CT molecular complexity index is 359. The molecule has 1 aliphatic carbocycles. The van der Waals surface area contributed by atoms with E-state index in [0.29, 0.717) is 12.3 Å². The van der Waals surface area contributed by atoms with E-state index < -0.39 is 0 Å². The number of hydrogen-bond donors (Lipinski definition) is 1. The summed E-state index contributed by atoms with van der Waals surface area (Å²) in [4.78, 5) is 11.3. The minimum Gasteiger partial charge on any atom is -0.355 e. The minimum absolute atomic E-state index is 0.182. The zero-order chi connectivity index (χ0) is 10.7. The van der Waals surface area contributed by atoms with Gasteiger partial charge in [0.15, 0.2) is 0 Å². The maximum absolute atomic E-state index is 11.3. The van der Waals surface area contributed by atoms with Gasteiger partial charge in [0.25, 0.3) is 0 Å². The molecule has 2 rings (SSSR count). The van der Waals surface area contributed by atoms with Crippen molar-refractivity contribution in [2.24, 2.45) is 0 Å². The second-order valence-corrected chi connectivity index (χ2v) is 4.15. The highest BCUT2D eigenvalue weighted by atomic mass is 16.1. The van der Waals surface area contributed by atoms with Crippen LogP contribution in [0.15, 0.2) is 24.3 Å². The van der Waals surface area contributed by atoms with Crippen LogP contribution in [0.1, 0.15) is 36.8 Å². The topological polar surface area (TPSA) is 29.1 Å². The molecule has 1 aromatic carbocycles. The van der Waals surface area contributed by atoms with E-state index in [0.717, 1.165) is 19.4 Å². The monoisotopic (exact) mass is 203 g/mol. The number of carbonyl (C=O) groups excluding carboxylic acids is 1. The summed E-state index contributed by atoms with van der Waals surface area (Å²) in [6.45, 7) is 2.83. The maximum atomic E-state index is 11.3. The van der Waals surface area contributed by atoms with Crippen molar-refractivity contribution in [2.75, 3.05) is 6.54 Å². The van der Waals surface area contributed by atoms with Gasteiger partial charge in [-0.25, -0.2) is 0 Å². The van der Waals surface area contributed by atoms with Crippen LogP contribution in [-0.2, 0) is 11.2 Å². The van der Waals surface area contributed by atoms with E-state index >= 15 is 0 Å². The van der Waals surface area contributed by atoms with Crippen molar-refractivity contribution in [1.29, 1.82) is 0 Å². The molecule has 2 nitrogen and oxygen atoms in total. The van der Waals surface area contributed by atoms with Gasteiger partial charge in [0.2, 0.25) is 5.91 Å². The quantitative estimate of drug-likeness (QED) is 0.799. The van der Waals surface area contributed by atoms with Gasteiger partial charge in [0.05, 0.1) is 0 Å². The van der Waals surface area contributed by atoms with Gasteiger partial charge in [-0.05, 0) is 24.0 Å². The predicted molar refractivity (Wildman–Crippen MR) is 60.8 cm³/mol. The van der Waals surface area contributed by atoms with Crippen LogP contribution in [0, 0.1) is 0 Å². The first kappa shape index (κ1) is 10.2. The van der Waals surface area contributed by atoms with Crippen LogP contribution in [0.25, 0.3) is 0 Å². The first-order chi connectivity index (χ1) is 7.31. The van der Waals surface area contributed by atoms with Crippen molar-refractivity contribution in [1.82, 2.24) is 5.32 Å². The molecule has 0 aliphatic heterocycles. The lowest BCUT2D eigenvalue weighted by Gasteiger charge is -2.30. The lowest BCUT2D eigenvalue weighted by Crippen LogP contribution is -2.32. The first-order valence-corrected chi connectivity index (χ1v) is 5.65. The molecule has 15 heavy (non-hydrogen) atoms. The van der Waals surface area contributed by atoms with Gasteiger partial charge < -0.3 is 5.32 Å². The van der Waals surface area contributed by atoms with E-state index in [4.69, 9.17) is 0 Å². The minimum atomic E-state index is 0.182. The first-order valence-electron chi connectivity index (χ1n) is 5.65. The third kappa shape index (κ3) is 2.20. The zero-order valence-corrected chi connectivity index (χ0v) is 9.12. The van der Waals surface area contributed by atoms with Crippen molar-refractivity contribution < 1.29 is 4.79 Å². The largest absolute Gasteiger partial charge is 0.355 e. The summed E-state index contributed by atoms with van der Waals surface area (Å²) >= 11 is 0. The molecule has 0 saturated carbocycles. The molecule has 2 heteroatoms. The Balaban J connectivity index is 1.82. The van der Waals surface area contributed by atoms with Gasteiger partial charge in [-0.3, -0.25) is 4.79 Å². The average molecular weight is 203 g/mol. The highest BCUT2D eigenvalue weighted by Crippen LogP contribution is 2.33. The molecule has 80 valence electrons. The third-order valence-corrected chi connectivity index (χ3v) is 2.98. The lowest BCUT2D eigenvalue weighted by atomic mass is 9.77. The van der Waals surface area contributed by atoms with E-state index in [1.807, 2.05) is 6.92 Å². The molecule has 1 N–H and O–H groups in total. The highest BCUT2D eigenvalue weighted by Gasteiger charge is 2.25. The molecule has 1 aliphatic rings. The van der Waals surface area contributed by atoms with Gasteiger partial charge in [-0.15, -0.1) is 0 Å². The lowest BCUT2D eigenvalue weighted by molar-refractivity contribution is -0.121. The molecule has 0 fully saturated rings. The summed E-state index contributed by atoms with van der Waals surface area (Å²) in [6, 6.07) is 8.47. The van der Waals surface area contributed by atoms with Gasteiger partial charge >= 0.3 is 0 Å². The van der Waals surface area contributed by atoms with Crippen LogP contribution < -0.4 is 5.32 Å². The SMILES string of the molecule is CCCC(=O)NCC1Cc2ccccc21. The highest BCUT2D eigenvalue weighted by molar-refractivity contribution is 5.75. The summed E-state index contributed by atoms with van der Waals surface area (Å²) in [5.74, 6) is 0.726. The van der Waals surface area contributed by atoms with E-state index in [2.05, 4.69) is 29.6 Å². The summed E-state index contributed by atoms with van der Waals surface area (Å²) in [7, 11) is 0. The fraction of sp³-hybridized carbons (Fsp3) is 0.462. The molecule has 0 heterocycles. The van der Waals surface area contributed by atoms with E-state index in [-0.39, 0.29) is 5.91 Å². The maximum Gasteiger partial charge on any atom is 0.220 e. The second-order valence-electron chi connectivity index (χ2n) is 4.15. The number of hydrogen-bond acceptors (Lipinski definition) is 1. The molecule has 0 aromatic heterocycles. The average Bonchev–Trinajstić information content (AvgIpc) is 2.20. The van der Waals surface area contributed by atoms with Gasteiger partial charge in [-0.2, -0.15) is 0 Å². The number of amides is 1. The Morgan fingerprint density at radius 1 is 1.47 bits per heavy atom. The molecule has 1 amide bonds. The Hall–Kier alpha value is -1.31. The van der Waals surface area contributed by atoms with E-state index in [1.54, 1.807) is 0 Å².